The van der Waals surface area contributed by atoms with Crippen LogP contribution in [0, 0.1) is 0 Å². The number of hydrogen-bond acceptors (Lipinski definition) is 11. The van der Waals surface area contributed by atoms with E-state index in [2.05, 4.69) is 51.1 Å². The number of benzene rings is 6. The SMILES string of the molecule is CCOC(=O)COc1ccccc1CC(=O)N(C)[C@H](CN1CCCC1)c1ccccc1.CN(C(=O)Cc1ccccc1O)[C@H](CN1CCCC1)c1ccccc1.CN(C(=O)Cc1ccccc1O)[C@H](CN1CCCC1)c1ccccc1. The number of rotatable bonds is 22. The minimum Gasteiger partial charge on any atom is -0.508 e. The molecule has 0 aliphatic carbocycles. The number of likely N-dealkylation sites (N-methyl/N-ethyl adjacent to an activating group) is 3. The van der Waals surface area contributed by atoms with Crippen molar-refractivity contribution < 1.29 is 38.9 Å². The van der Waals surface area contributed by atoms with Crippen LogP contribution in [-0.2, 0) is 43.2 Å². The molecule has 14 heteroatoms. The molecule has 0 radical (unpaired) electrons. The summed E-state index contributed by atoms with van der Waals surface area (Å²) in [7, 11) is 5.62. The largest absolute Gasteiger partial charge is 0.508 e. The molecule has 0 saturated carbocycles. The highest BCUT2D eigenvalue weighted by Gasteiger charge is 2.29. The quantitative estimate of drug-likeness (QED) is 0.0627. The third-order valence-corrected chi connectivity index (χ3v) is 15.7. The number of esters is 1. The molecule has 3 aliphatic rings. The molecule has 9 rings (SSSR count). The number of phenols is 2. The van der Waals surface area contributed by atoms with Crippen LogP contribution < -0.4 is 4.74 Å². The number of para-hydroxylation sites is 3. The predicted octanol–water partition coefficient (Wildman–Crippen LogP) is 9.93. The Morgan fingerprint density at radius 3 is 1.06 bits per heavy atom. The topological polar surface area (TPSA) is 147 Å². The Balaban J connectivity index is 0.000000177. The van der Waals surface area contributed by atoms with Crippen LogP contribution in [-0.4, -0.2) is 157 Å². The molecule has 2 N–H and O–H groups in total. The molecule has 3 aliphatic heterocycles. The molecule has 3 heterocycles. The maximum absolute atomic E-state index is 13.3. The lowest BCUT2D eigenvalue weighted by Gasteiger charge is -2.32. The van der Waals surface area contributed by atoms with Gasteiger partial charge in [-0.2, -0.15) is 0 Å². The van der Waals surface area contributed by atoms with Crippen LogP contribution in [0.3, 0.4) is 0 Å². The van der Waals surface area contributed by atoms with Crippen molar-refractivity contribution in [1.29, 1.82) is 0 Å². The number of carbonyl (C=O) groups is 4. The minimum absolute atomic E-state index is 0.0141. The summed E-state index contributed by atoms with van der Waals surface area (Å²) in [6.07, 6.45) is 7.99. The van der Waals surface area contributed by atoms with Crippen LogP contribution in [0.5, 0.6) is 17.2 Å². The smallest absolute Gasteiger partial charge is 0.344 e. The fourth-order valence-corrected chi connectivity index (χ4v) is 10.8. The van der Waals surface area contributed by atoms with Gasteiger partial charge in [-0.05, 0) is 120 Å². The molecule has 14 nitrogen and oxygen atoms in total. The van der Waals surface area contributed by atoms with Gasteiger partial charge in [0, 0.05) is 57.5 Å². The molecule has 6 aromatic rings. The molecule has 0 bridgehead atoms. The van der Waals surface area contributed by atoms with Crippen molar-refractivity contribution >= 4 is 23.7 Å². The molecule has 0 aromatic heterocycles. The van der Waals surface area contributed by atoms with Crippen LogP contribution in [0.4, 0.5) is 0 Å². The van der Waals surface area contributed by atoms with Gasteiger partial charge < -0.3 is 49.1 Å². The van der Waals surface area contributed by atoms with Gasteiger partial charge in [0.2, 0.25) is 17.7 Å². The van der Waals surface area contributed by atoms with Gasteiger partial charge in [-0.25, -0.2) is 4.79 Å². The van der Waals surface area contributed by atoms with Gasteiger partial charge in [-0.3, -0.25) is 14.4 Å². The standard InChI is InChI=1S/C25H32N2O4.2C21H26N2O2/c1-3-30-25(29)19-31-23-14-8-7-13-21(23)17-24(28)26(2)22(18-27-15-9-10-16-27)20-11-5-4-6-12-20;2*1-22(21(25)15-18-11-5-6-12-20(18)24)19(16-23-13-7-8-14-23)17-9-3-2-4-10-17/h4-8,11-14,22H,3,9-10,15-19H2,1-2H3;2*2-6,9-12,19,24H,7-8,13-16H2,1H3/t22-;2*19-/m111/s1. The van der Waals surface area contributed by atoms with E-state index in [0.29, 0.717) is 23.5 Å². The summed E-state index contributed by atoms with van der Waals surface area (Å²) in [5.74, 6) is 0.535. The number of nitrogens with zero attached hydrogens (tertiary/aromatic N) is 6. The molecular weight excluding hydrogens is 1020 g/mol. The summed E-state index contributed by atoms with van der Waals surface area (Å²) in [6.45, 7) is 11.0. The van der Waals surface area contributed by atoms with E-state index in [-0.39, 0.29) is 73.2 Å². The first-order chi connectivity index (χ1) is 39.4. The van der Waals surface area contributed by atoms with E-state index in [1.54, 1.807) is 49.4 Å². The third kappa shape index (κ3) is 18.8. The Hall–Kier alpha value is -7.52. The van der Waals surface area contributed by atoms with Gasteiger partial charge >= 0.3 is 5.97 Å². The van der Waals surface area contributed by atoms with Gasteiger partial charge in [0.15, 0.2) is 6.61 Å². The first-order valence-corrected chi connectivity index (χ1v) is 28.9. The number of carbonyl (C=O) groups excluding carboxylic acids is 4. The second kappa shape index (κ2) is 32.1. The van der Waals surface area contributed by atoms with Crippen molar-refractivity contribution in [1.82, 2.24) is 29.4 Å². The second-order valence-electron chi connectivity index (χ2n) is 21.3. The van der Waals surface area contributed by atoms with E-state index in [1.165, 1.54) is 38.5 Å². The second-order valence-corrected chi connectivity index (χ2v) is 21.3. The third-order valence-electron chi connectivity index (χ3n) is 15.7. The molecule has 430 valence electrons. The fourth-order valence-electron chi connectivity index (χ4n) is 10.8. The lowest BCUT2D eigenvalue weighted by molar-refractivity contribution is -0.145. The zero-order valence-electron chi connectivity index (χ0n) is 48.0. The lowest BCUT2D eigenvalue weighted by Crippen LogP contribution is -2.39. The zero-order valence-corrected chi connectivity index (χ0v) is 48.0. The van der Waals surface area contributed by atoms with Gasteiger partial charge in [-0.15, -0.1) is 0 Å². The minimum atomic E-state index is -0.421. The van der Waals surface area contributed by atoms with Crippen LogP contribution in [0.15, 0.2) is 164 Å². The molecule has 6 aromatic carbocycles. The summed E-state index contributed by atoms with van der Waals surface area (Å²) >= 11 is 0. The molecule has 3 fully saturated rings. The molecule has 81 heavy (non-hydrogen) atoms. The summed E-state index contributed by atoms with van der Waals surface area (Å²) in [5.41, 5.74) is 5.55. The molecule has 0 unspecified atom stereocenters. The Morgan fingerprint density at radius 2 is 0.728 bits per heavy atom. The first-order valence-electron chi connectivity index (χ1n) is 28.9. The number of likely N-dealkylation sites (tertiary alicyclic amines) is 3. The number of aromatic hydroxyl groups is 2. The number of hydrogen-bond donors (Lipinski definition) is 2. The van der Waals surface area contributed by atoms with E-state index < -0.39 is 5.97 Å². The van der Waals surface area contributed by atoms with E-state index in [0.717, 1.165) is 81.2 Å². The molecule has 0 spiro atoms. The predicted molar refractivity (Wildman–Crippen MR) is 319 cm³/mol. The maximum Gasteiger partial charge on any atom is 0.344 e. The number of ether oxygens (including phenoxy) is 2. The summed E-state index contributed by atoms with van der Waals surface area (Å²) in [6, 6.07) is 52.1. The molecule has 3 amide bonds. The van der Waals surface area contributed by atoms with Crippen molar-refractivity contribution in [3.63, 3.8) is 0 Å². The average molecular weight is 1100 g/mol. The summed E-state index contributed by atoms with van der Waals surface area (Å²) in [5, 5.41) is 19.9. The van der Waals surface area contributed by atoms with E-state index >= 15 is 0 Å². The zero-order chi connectivity index (χ0) is 57.3. The Morgan fingerprint density at radius 1 is 0.432 bits per heavy atom. The van der Waals surface area contributed by atoms with Crippen LogP contribution in [0.25, 0.3) is 0 Å². The summed E-state index contributed by atoms with van der Waals surface area (Å²) in [4.78, 5) is 63.4. The highest BCUT2D eigenvalue weighted by molar-refractivity contribution is 5.81. The van der Waals surface area contributed by atoms with Gasteiger partial charge in [0.05, 0.1) is 44.0 Å². The van der Waals surface area contributed by atoms with Gasteiger partial charge in [0.25, 0.3) is 0 Å². The first kappa shape index (κ1) is 61.1. The van der Waals surface area contributed by atoms with Crippen molar-refractivity contribution in [3.05, 3.63) is 197 Å². The molecule has 3 atom stereocenters. The van der Waals surface area contributed by atoms with Gasteiger partial charge in [-0.1, -0.05) is 146 Å². The van der Waals surface area contributed by atoms with E-state index in [4.69, 9.17) is 9.47 Å². The van der Waals surface area contributed by atoms with Crippen molar-refractivity contribution in [2.45, 2.75) is 82.8 Å². The van der Waals surface area contributed by atoms with E-state index in [1.807, 2.05) is 121 Å². The van der Waals surface area contributed by atoms with Crippen LogP contribution in [0.1, 0.15) is 97.0 Å². The monoisotopic (exact) mass is 1100 g/mol. The van der Waals surface area contributed by atoms with Crippen molar-refractivity contribution in [2.24, 2.45) is 0 Å². The van der Waals surface area contributed by atoms with Gasteiger partial charge in [0.1, 0.15) is 17.2 Å². The molecular formula is C67H84N6O8. The highest BCUT2D eigenvalue weighted by atomic mass is 16.6. The van der Waals surface area contributed by atoms with Crippen molar-refractivity contribution in [2.75, 3.05) is 93.3 Å². The average Bonchev–Trinajstić information content (AvgIpc) is 4.37. The van der Waals surface area contributed by atoms with Crippen molar-refractivity contribution in [3.8, 4) is 17.2 Å². The highest BCUT2D eigenvalue weighted by Crippen LogP contribution is 2.29. The lowest BCUT2D eigenvalue weighted by atomic mass is 10.0. The normalized spacial score (nSPS) is 15.5. The van der Waals surface area contributed by atoms with Crippen LogP contribution >= 0.6 is 0 Å². The Labute approximate surface area is 480 Å². The Bertz CT molecular complexity index is 2730. The number of phenolic OH excluding ortho intramolecular Hbond substituents is 2. The summed E-state index contributed by atoms with van der Waals surface area (Å²) < 4.78 is 10.6. The van der Waals surface area contributed by atoms with E-state index in [9.17, 15) is 29.4 Å². The number of amides is 3. The maximum atomic E-state index is 13.3. The van der Waals surface area contributed by atoms with Crippen LogP contribution in [0.2, 0.25) is 0 Å². The fraction of sp³-hybridized carbons (Fsp3) is 0.403. The Kier molecular flexibility index (Phi) is 24.2. The molecule has 3 saturated heterocycles.